The number of ether oxygens (including phenoxy) is 1. The van der Waals surface area contributed by atoms with Gasteiger partial charge in [0.2, 0.25) is 5.78 Å². The summed E-state index contributed by atoms with van der Waals surface area (Å²) < 4.78 is 6.76. The number of hydrogen-bond acceptors (Lipinski definition) is 4. The third kappa shape index (κ3) is 3.95. The number of hydrogen-bond donors (Lipinski definition) is 2. The summed E-state index contributed by atoms with van der Waals surface area (Å²) in [7, 11) is 1.55. The molecule has 6 nitrogen and oxygen atoms in total. The van der Waals surface area contributed by atoms with Gasteiger partial charge >= 0.3 is 0 Å². The molecule has 4 rings (SSSR count). The van der Waals surface area contributed by atoms with Crippen molar-refractivity contribution in [3.05, 3.63) is 93.7 Å². The van der Waals surface area contributed by atoms with Crippen LogP contribution in [0.1, 0.15) is 26.4 Å². The van der Waals surface area contributed by atoms with Gasteiger partial charge in [0.1, 0.15) is 11.4 Å². The van der Waals surface area contributed by atoms with Crippen molar-refractivity contribution in [1.29, 1.82) is 0 Å². The van der Waals surface area contributed by atoms with Crippen LogP contribution in [-0.2, 0) is 0 Å². The highest BCUT2D eigenvalue weighted by molar-refractivity contribution is 6.35. The molecule has 0 fully saturated rings. The van der Waals surface area contributed by atoms with Crippen LogP contribution < -0.4 is 15.8 Å². The van der Waals surface area contributed by atoms with E-state index in [2.05, 4.69) is 5.32 Å². The fourth-order valence-corrected chi connectivity index (χ4v) is 3.92. The van der Waals surface area contributed by atoms with Gasteiger partial charge in [-0.1, -0.05) is 29.3 Å². The van der Waals surface area contributed by atoms with Gasteiger partial charge in [-0.2, -0.15) is 0 Å². The van der Waals surface area contributed by atoms with E-state index in [0.29, 0.717) is 32.6 Å². The van der Waals surface area contributed by atoms with Crippen LogP contribution in [0.2, 0.25) is 10.0 Å². The average Bonchev–Trinajstić information content (AvgIpc) is 3.04. The number of nitrogens with one attached hydrogen (secondary N) is 1. The molecule has 31 heavy (non-hydrogen) atoms. The lowest BCUT2D eigenvalue weighted by atomic mass is 10.1. The Morgan fingerprint density at radius 1 is 1.00 bits per heavy atom. The number of rotatable bonds is 5. The molecule has 2 aromatic heterocycles. The zero-order chi connectivity index (χ0) is 22.1. The number of fused-ring (bicyclic) bond motifs is 1. The van der Waals surface area contributed by atoms with Gasteiger partial charge in [-0.25, -0.2) is 0 Å². The highest BCUT2D eigenvalue weighted by Gasteiger charge is 2.26. The lowest BCUT2D eigenvalue weighted by molar-refractivity contribution is 0.102. The molecule has 156 valence electrons. The molecule has 0 aliphatic carbocycles. The van der Waals surface area contributed by atoms with Gasteiger partial charge in [-0.15, -0.1) is 0 Å². The number of ketones is 1. The minimum Gasteiger partial charge on any atom is -0.497 e. The summed E-state index contributed by atoms with van der Waals surface area (Å²) in [5.41, 5.74) is 8.16. The molecule has 0 bridgehead atoms. The maximum Gasteiger partial charge on any atom is 0.259 e. The van der Waals surface area contributed by atoms with Crippen molar-refractivity contribution in [3.8, 4) is 5.75 Å². The van der Waals surface area contributed by atoms with Gasteiger partial charge in [-0.3, -0.25) is 9.59 Å². The van der Waals surface area contributed by atoms with Gasteiger partial charge in [0.25, 0.3) is 5.91 Å². The van der Waals surface area contributed by atoms with Crippen LogP contribution in [0.3, 0.4) is 0 Å². The lowest BCUT2D eigenvalue weighted by Gasteiger charge is -2.07. The number of carbonyl (C=O) groups excluding carboxylic acids is 2. The van der Waals surface area contributed by atoms with E-state index in [1.165, 1.54) is 0 Å². The third-order valence-electron chi connectivity index (χ3n) is 4.80. The van der Waals surface area contributed by atoms with Crippen LogP contribution in [0, 0.1) is 0 Å². The SMILES string of the molecule is COc1ccc(C(=O)c2c(N)c(C(=O)Nc3cc(Cl)cc(Cl)c3)c3ccccn23)cc1. The predicted molar refractivity (Wildman–Crippen MR) is 123 cm³/mol. The van der Waals surface area contributed by atoms with E-state index >= 15 is 0 Å². The van der Waals surface area contributed by atoms with Crippen molar-refractivity contribution in [1.82, 2.24) is 4.40 Å². The Kier molecular flexibility index (Phi) is 5.59. The molecule has 8 heteroatoms. The second-order valence-electron chi connectivity index (χ2n) is 6.76. The largest absolute Gasteiger partial charge is 0.497 e. The molecular weight excluding hydrogens is 437 g/mol. The number of carbonyl (C=O) groups is 2. The topological polar surface area (TPSA) is 85.8 Å². The summed E-state index contributed by atoms with van der Waals surface area (Å²) >= 11 is 12.0. The van der Waals surface area contributed by atoms with Crippen LogP contribution in [-0.4, -0.2) is 23.2 Å². The predicted octanol–water partition coefficient (Wildman–Crippen LogP) is 5.32. The van der Waals surface area contributed by atoms with E-state index in [0.717, 1.165) is 0 Å². The van der Waals surface area contributed by atoms with Crippen molar-refractivity contribution in [2.75, 3.05) is 18.2 Å². The first-order valence-electron chi connectivity index (χ1n) is 9.23. The number of halogens is 2. The van der Waals surface area contributed by atoms with Crippen molar-refractivity contribution in [2.24, 2.45) is 0 Å². The number of nitrogen functional groups attached to an aromatic ring is 1. The normalized spacial score (nSPS) is 10.8. The highest BCUT2D eigenvalue weighted by Crippen LogP contribution is 2.30. The standard InChI is InChI=1S/C23H17Cl2N3O3/c1-31-17-7-5-13(6-8-17)22(29)21-20(26)19(18-4-2-3-9-28(18)21)23(30)27-16-11-14(24)10-15(25)12-16/h2-12H,26H2,1H3,(H,27,30). The molecule has 0 radical (unpaired) electrons. The Balaban J connectivity index is 1.79. The Hall–Kier alpha value is -3.48. The van der Waals surface area contributed by atoms with Crippen LogP contribution >= 0.6 is 23.2 Å². The molecule has 0 aliphatic rings. The average molecular weight is 454 g/mol. The molecule has 0 saturated carbocycles. The van der Waals surface area contributed by atoms with Crippen molar-refractivity contribution in [2.45, 2.75) is 0 Å². The fraction of sp³-hybridized carbons (Fsp3) is 0.0435. The van der Waals surface area contributed by atoms with Crippen LogP contribution in [0.5, 0.6) is 5.75 Å². The minimum absolute atomic E-state index is 0.0812. The number of amides is 1. The van der Waals surface area contributed by atoms with Gasteiger partial charge in [0, 0.05) is 27.5 Å². The van der Waals surface area contributed by atoms with E-state index in [4.69, 9.17) is 33.7 Å². The number of methoxy groups -OCH3 is 1. The summed E-state index contributed by atoms with van der Waals surface area (Å²) in [6, 6.07) is 16.6. The van der Waals surface area contributed by atoms with Crippen LogP contribution in [0.15, 0.2) is 66.9 Å². The van der Waals surface area contributed by atoms with E-state index in [9.17, 15) is 9.59 Å². The van der Waals surface area contributed by atoms with Crippen LogP contribution in [0.25, 0.3) is 5.52 Å². The molecule has 0 atom stereocenters. The van der Waals surface area contributed by atoms with Gasteiger partial charge < -0.3 is 20.2 Å². The number of pyridine rings is 1. The van der Waals surface area contributed by atoms with Crippen molar-refractivity contribution >= 4 is 51.8 Å². The van der Waals surface area contributed by atoms with Gasteiger partial charge in [0.05, 0.1) is 23.9 Å². The second-order valence-corrected chi connectivity index (χ2v) is 7.64. The molecule has 4 aromatic rings. The smallest absolute Gasteiger partial charge is 0.259 e. The van der Waals surface area contributed by atoms with E-state index in [-0.39, 0.29) is 22.7 Å². The molecule has 1 amide bonds. The number of nitrogens with zero attached hydrogens (tertiary/aromatic N) is 1. The first kappa shape index (κ1) is 20.8. The molecule has 3 N–H and O–H groups in total. The van der Waals surface area contributed by atoms with E-state index < -0.39 is 5.91 Å². The molecule has 0 aliphatic heterocycles. The van der Waals surface area contributed by atoms with Gasteiger partial charge in [0.15, 0.2) is 0 Å². The van der Waals surface area contributed by atoms with E-state index in [1.807, 2.05) is 0 Å². The Bertz CT molecular complexity index is 1290. The molecular formula is C23H17Cl2N3O3. The second kappa shape index (κ2) is 8.34. The summed E-state index contributed by atoms with van der Waals surface area (Å²) in [6.45, 7) is 0. The summed E-state index contributed by atoms with van der Waals surface area (Å²) in [5.74, 6) is -0.163. The summed E-state index contributed by atoms with van der Waals surface area (Å²) in [4.78, 5) is 26.4. The summed E-state index contributed by atoms with van der Waals surface area (Å²) in [5, 5.41) is 3.52. The molecule has 0 spiro atoms. The fourth-order valence-electron chi connectivity index (χ4n) is 3.40. The zero-order valence-electron chi connectivity index (χ0n) is 16.4. The Morgan fingerprint density at radius 2 is 1.68 bits per heavy atom. The quantitative estimate of drug-likeness (QED) is 0.400. The number of anilines is 2. The van der Waals surface area contributed by atoms with E-state index in [1.54, 1.807) is 78.4 Å². The Labute approximate surface area is 188 Å². The third-order valence-corrected chi connectivity index (χ3v) is 5.23. The van der Waals surface area contributed by atoms with Crippen molar-refractivity contribution in [3.63, 3.8) is 0 Å². The van der Waals surface area contributed by atoms with Crippen LogP contribution in [0.4, 0.5) is 11.4 Å². The number of benzene rings is 2. The first-order chi connectivity index (χ1) is 14.9. The molecule has 2 aromatic carbocycles. The first-order valence-corrected chi connectivity index (χ1v) is 9.99. The monoisotopic (exact) mass is 453 g/mol. The minimum atomic E-state index is -0.478. The maximum atomic E-state index is 13.3. The Morgan fingerprint density at radius 3 is 2.32 bits per heavy atom. The number of aromatic nitrogens is 1. The van der Waals surface area contributed by atoms with Crippen molar-refractivity contribution < 1.29 is 14.3 Å². The molecule has 0 unspecified atom stereocenters. The maximum absolute atomic E-state index is 13.3. The molecule has 2 heterocycles. The lowest BCUT2D eigenvalue weighted by Crippen LogP contribution is -2.14. The molecule has 0 saturated heterocycles. The zero-order valence-corrected chi connectivity index (χ0v) is 17.9. The highest BCUT2D eigenvalue weighted by atomic mass is 35.5. The number of nitrogens with two attached hydrogens (primary N) is 1. The summed E-state index contributed by atoms with van der Waals surface area (Å²) in [6.07, 6.45) is 1.69. The van der Waals surface area contributed by atoms with Gasteiger partial charge in [-0.05, 0) is 54.6 Å².